The topological polar surface area (TPSA) is 17.1 Å². The van der Waals surface area contributed by atoms with Crippen molar-refractivity contribution in [2.75, 3.05) is 0 Å². The number of hydrogen-bond acceptors (Lipinski definition) is 1. The summed E-state index contributed by atoms with van der Waals surface area (Å²) in [5.74, 6) is 0.319. The lowest BCUT2D eigenvalue weighted by atomic mass is 9.70. The molecule has 1 atom stereocenters. The molecule has 2 rings (SSSR count). The molecule has 0 N–H and O–H groups in total. The van der Waals surface area contributed by atoms with Crippen LogP contribution in [0.4, 0.5) is 0 Å². The number of rotatable bonds is 0. The molecule has 1 unspecified atom stereocenters. The Morgan fingerprint density at radius 2 is 2.23 bits per heavy atom. The fourth-order valence-electron chi connectivity index (χ4n) is 2.13. The van der Waals surface area contributed by atoms with Crippen molar-refractivity contribution >= 4 is 5.78 Å². The van der Waals surface area contributed by atoms with Gasteiger partial charge in [-0.25, -0.2) is 0 Å². The van der Waals surface area contributed by atoms with Crippen LogP contribution in [0.25, 0.3) is 0 Å². The molecule has 0 aromatic heterocycles. The van der Waals surface area contributed by atoms with Crippen LogP contribution in [0.2, 0.25) is 0 Å². The third-order valence-electron chi connectivity index (χ3n) is 2.98. The molecule has 0 radical (unpaired) electrons. The molecule has 2 aliphatic rings. The van der Waals surface area contributed by atoms with E-state index in [1.54, 1.807) is 0 Å². The van der Waals surface area contributed by atoms with Gasteiger partial charge in [0, 0.05) is 0 Å². The van der Waals surface area contributed by atoms with Crippen LogP contribution in [-0.4, -0.2) is 5.78 Å². The lowest BCUT2D eigenvalue weighted by molar-refractivity contribution is -0.123. The molecule has 0 aliphatic heterocycles. The molecule has 13 heavy (non-hydrogen) atoms. The Labute approximate surface area is 78.8 Å². The van der Waals surface area contributed by atoms with Gasteiger partial charge in [-0.05, 0) is 31.8 Å². The van der Waals surface area contributed by atoms with Gasteiger partial charge in [0.15, 0.2) is 5.78 Å². The zero-order valence-corrected chi connectivity index (χ0v) is 7.92. The van der Waals surface area contributed by atoms with E-state index in [0.717, 1.165) is 24.8 Å². The first-order valence-electron chi connectivity index (χ1n) is 4.81. The van der Waals surface area contributed by atoms with Crippen LogP contribution in [0.3, 0.4) is 0 Å². The quantitative estimate of drug-likeness (QED) is 0.516. The van der Waals surface area contributed by atoms with Crippen LogP contribution < -0.4 is 0 Å². The van der Waals surface area contributed by atoms with E-state index in [9.17, 15) is 4.79 Å². The van der Waals surface area contributed by atoms with Crippen molar-refractivity contribution in [2.45, 2.75) is 26.2 Å². The molecule has 0 heterocycles. The smallest absolute Gasteiger partial charge is 0.168 e. The van der Waals surface area contributed by atoms with Gasteiger partial charge in [-0.3, -0.25) is 4.79 Å². The average Bonchev–Trinajstić information content (AvgIpc) is 2.16. The van der Waals surface area contributed by atoms with Gasteiger partial charge in [-0.1, -0.05) is 30.4 Å². The van der Waals surface area contributed by atoms with Crippen molar-refractivity contribution in [2.24, 2.45) is 5.41 Å². The summed E-state index contributed by atoms with van der Waals surface area (Å²) in [5.41, 5.74) is 0.714. The van der Waals surface area contributed by atoms with E-state index < -0.39 is 0 Å². The van der Waals surface area contributed by atoms with Crippen molar-refractivity contribution in [3.05, 3.63) is 36.0 Å². The molecule has 68 valence electrons. The van der Waals surface area contributed by atoms with Gasteiger partial charge in [0.2, 0.25) is 0 Å². The Hall–Kier alpha value is -1.11. The Kier molecular flexibility index (Phi) is 1.95. The van der Waals surface area contributed by atoms with E-state index in [2.05, 4.69) is 18.2 Å². The van der Waals surface area contributed by atoms with E-state index in [4.69, 9.17) is 0 Å². The van der Waals surface area contributed by atoms with Gasteiger partial charge in [-0.15, -0.1) is 0 Å². The average molecular weight is 174 g/mol. The van der Waals surface area contributed by atoms with Crippen LogP contribution in [0.15, 0.2) is 36.0 Å². The van der Waals surface area contributed by atoms with Gasteiger partial charge in [0.25, 0.3) is 0 Å². The van der Waals surface area contributed by atoms with Gasteiger partial charge in [0.1, 0.15) is 0 Å². The maximum absolute atomic E-state index is 11.9. The molecule has 0 fully saturated rings. The summed E-state index contributed by atoms with van der Waals surface area (Å²) in [7, 11) is 0. The fraction of sp³-hybridized carbons (Fsp3) is 0.417. The van der Waals surface area contributed by atoms with Crippen LogP contribution in [0, 0.1) is 5.41 Å². The lowest BCUT2D eigenvalue weighted by Crippen LogP contribution is -2.32. The highest BCUT2D eigenvalue weighted by Gasteiger charge is 2.36. The SMILES string of the molecule is CC1=CC=CC2(CC=CCC2)C1=O. The summed E-state index contributed by atoms with van der Waals surface area (Å²) in [6.45, 7) is 1.91. The summed E-state index contributed by atoms with van der Waals surface area (Å²) in [5, 5.41) is 0. The van der Waals surface area contributed by atoms with E-state index >= 15 is 0 Å². The molecule has 0 bridgehead atoms. The monoisotopic (exact) mass is 174 g/mol. The summed E-state index contributed by atoms with van der Waals surface area (Å²) in [6, 6.07) is 0. The van der Waals surface area contributed by atoms with E-state index in [0.29, 0.717) is 5.78 Å². The van der Waals surface area contributed by atoms with Crippen LogP contribution >= 0.6 is 0 Å². The number of carbonyl (C=O) groups excluding carboxylic acids is 1. The fourth-order valence-corrected chi connectivity index (χ4v) is 2.13. The molecule has 1 spiro atoms. The third-order valence-corrected chi connectivity index (χ3v) is 2.98. The second kappa shape index (κ2) is 2.99. The Balaban J connectivity index is 2.34. The summed E-state index contributed by atoms with van der Waals surface area (Å²) < 4.78 is 0. The van der Waals surface area contributed by atoms with Crippen molar-refractivity contribution < 1.29 is 4.79 Å². The first-order chi connectivity index (χ1) is 6.25. The first-order valence-corrected chi connectivity index (χ1v) is 4.81. The predicted molar refractivity (Wildman–Crippen MR) is 53.3 cm³/mol. The highest BCUT2D eigenvalue weighted by molar-refractivity contribution is 6.02. The molecule has 0 aromatic carbocycles. The zero-order valence-electron chi connectivity index (χ0n) is 7.92. The van der Waals surface area contributed by atoms with Crippen LogP contribution in [0.5, 0.6) is 0 Å². The standard InChI is InChI=1S/C12H14O/c1-10-6-5-9-12(11(10)13)7-3-2-4-8-12/h2-3,5-6,9H,4,7-8H2,1H3. The molecule has 0 amide bonds. The number of allylic oxidation sites excluding steroid dienone is 6. The number of ketones is 1. The number of Topliss-reactive ketones (excluding diaryl/α,β-unsaturated/α-hetero) is 1. The minimum atomic E-state index is -0.187. The Bertz CT molecular complexity index is 320. The molecular weight excluding hydrogens is 160 g/mol. The predicted octanol–water partition coefficient (Wildman–Crippen LogP) is 2.80. The number of hydrogen-bond donors (Lipinski definition) is 0. The van der Waals surface area contributed by atoms with E-state index in [1.165, 1.54) is 0 Å². The summed E-state index contributed by atoms with van der Waals surface area (Å²) >= 11 is 0. The molecule has 0 saturated carbocycles. The first kappa shape index (κ1) is 8.49. The van der Waals surface area contributed by atoms with Gasteiger partial charge < -0.3 is 0 Å². The lowest BCUT2D eigenvalue weighted by Gasteiger charge is -2.32. The zero-order chi connectivity index (χ0) is 9.31. The van der Waals surface area contributed by atoms with Crippen molar-refractivity contribution in [1.82, 2.24) is 0 Å². The molecule has 2 aliphatic carbocycles. The van der Waals surface area contributed by atoms with Crippen LogP contribution in [-0.2, 0) is 4.79 Å². The maximum Gasteiger partial charge on any atom is 0.168 e. The Morgan fingerprint density at radius 1 is 1.38 bits per heavy atom. The van der Waals surface area contributed by atoms with E-state index in [1.807, 2.05) is 19.1 Å². The summed E-state index contributed by atoms with van der Waals surface area (Å²) in [6.07, 6.45) is 13.2. The normalized spacial score (nSPS) is 32.4. The summed E-state index contributed by atoms with van der Waals surface area (Å²) in [4.78, 5) is 11.9. The second-order valence-corrected chi connectivity index (χ2v) is 3.91. The number of carbonyl (C=O) groups is 1. The van der Waals surface area contributed by atoms with Gasteiger partial charge >= 0.3 is 0 Å². The van der Waals surface area contributed by atoms with Gasteiger partial charge in [-0.2, -0.15) is 0 Å². The maximum atomic E-state index is 11.9. The highest BCUT2D eigenvalue weighted by Crippen LogP contribution is 2.39. The minimum absolute atomic E-state index is 0.187. The van der Waals surface area contributed by atoms with Crippen molar-refractivity contribution in [3.63, 3.8) is 0 Å². The molecule has 1 nitrogen and oxygen atoms in total. The van der Waals surface area contributed by atoms with Crippen molar-refractivity contribution in [3.8, 4) is 0 Å². The van der Waals surface area contributed by atoms with Crippen LogP contribution in [0.1, 0.15) is 26.2 Å². The molecular formula is C12H14O. The van der Waals surface area contributed by atoms with Gasteiger partial charge in [0.05, 0.1) is 5.41 Å². The molecule has 1 heteroatoms. The second-order valence-electron chi connectivity index (χ2n) is 3.91. The Morgan fingerprint density at radius 3 is 2.92 bits per heavy atom. The molecule has 0 saturated heterocycles. The third kappa shape index (κ3) is 1.28. The van der Waals surface area contributed by atoms with Crippen molar-refractivity contribution in [1.29, 1.82) is 0 Å². The highest BCUT2D eigenvalue weighted by atomic mass is 16.1. The molecule has 0 aromatic rings. The van der Waals surface area contributed by atoms with E-state index in [-0.39, 0.29) is 5.41 Å². The minimum Gasteiger partial charge on any atom is -0.294 e. The largest absolute Gasteiger partial charge is 0.294 e.